The Morgan fingerprint density at radius 2 is 2.27 bits per heavy atom. The van der Waals surface area contributed by atoms with Gasteiger partial charge in [0.15, 0.2) is 0 Å². The van der Waals surface area contributed by atoms with E-state index in [1.807, 2.05) is 12.3 Å². The van der Waals surface area contributed by atoms with Crippen molar-refractivity contribution >= 4 is 43.8 Å². The number of fused-ring (bicyclic) bond motifs is 1. The van der Waals surface area contributed by atoms with Crippen LogP contribution in [0.25, 0.3) is 10.9 Å². The molecule has 0 unspecified atom stereocenters. The average molecular weight is 278 g/mol. The van der Waals surface area contributed by atoms with Gasteiger partial charge in [-0.3, -0.25) is 4.98 Å². The SMILES string of the molecule is Br.Brc1c[nH]c2cnccc12. The average Bonchev–Trinajstić information content (AvgIpc) is 2.34. The van der Waals surface area contributed by atoms with Crippen LogP contribution >= 0.6 is 32.9 Å². The number of aromatic nitrogens is 2. The van der Waals surface area contributed by atoms with Crippen LogP contribution in [0.4, 0.5) is 0 Å². The maximum absolute atomic E-state index is 3.97. The second kappa shape index (κ2) is 3.36. The normalized spacial score (nSPS) is 9.55. The molecule has 58 valence electrons. The molecule has 2 heterocycles. The molecule has 0 saturated heterocycles. The van der Waals surface area contributed by atoms with Gasteiger partial charge in [0.25, 0.3) is 0 Å². The lowest BCUT2D eigenvalue weighted by atomic mass is 10.3. The van der Waals surface area contributed by atoms with Crippen LogP contribution in [0.5, 0.6) is 0 Å². The van der Waals surface area contributed by atoms with Crippen LogP contribution in [0, 0.1) is 0 Å². The lowest BCUT2D eigenvalue weighted by molar-refractivity contribution is 1.34. The molecular weight excluding hydrogens is 272 g/mol. The summed E-state index contributed by atoms with van der Waals surface area (Å²) in [7, 11) is 0. The fraction of sp³-hybridized carbons (Fsp3) is 0. The van der Waals surface area contributed by atoms with Crippen molar-refractivity contribution in [1.29, 1.82) is 0 Å². The summed E-state index contributed by atoms with van der Waals surface area (Å²) in [5.74, 6) is 0. The molecule has 0 bridgehead atoms. The molecule has 0 spiro atoms. The van der Waals surface area contributed by atoms with Gasteiger partial charge in [-0.25, -0.2) is 0 Å². The zero-order valence-corrected chi connectivity index (χ0v) is 8.84. The molecule has 0 amide bonds. The molecule has 0 aromatic carbocycles. The van der Waals surface area contributed by atoms with Crippen LogP contribution < -0.4 is 0 Å². The number of halogens is 2. The van der Waals surface area contributed by atoms with Gasteiger partial charge >= 0.3 is 0 Å². The van der Waals surface area contributed by atoms with Gasteiger partial charge in [-0.15, -0.1) is 17.0 Å². The Morgan fingerprint density at radius 3 is 3.00 bits per heavy atom. The van der Waals surface area contributed by atoms with Crippen LogP contribution in [0.3, 0.4) is 0 Å². The fourth-order valence-electron chi connectivity index (χ4n) is 0.937. The highest BCUT2D eigenvalue weighted by molar-refractivity contribution is 9.10. The second-order valence-electron chi connectivity index (χ2n) is 2.06. The number of H-pyrrole nitrogens is 1. The van der Waals surface area contributed by atoms with E-state index in [1.165, 1.54) is 5.39 Å². The first-order valence-electron chi connectivity index (χ1n) is 2.94. The Hall–Kier alpha value is -0.350. The Kier molecular flexibility index (Phi) is 2.67. The molecule has 4 heteroatoms. The second-order valence-corrected chi connectivity index (χ2v) is 2.91. The monoisotopic (exact) mass is 276 g/mol. The molecule has 0 fully saturated rings. The summed E-state index contributed by atoms with van der Waals surface area (Å²) in [5.41, 5.74) is 1.06. The zero-order valence-electron chi connectivity index (χ0n) is 5.54. The molecule has 2 aromatic heterocycles. The van der Waals surface area contributed by atoms with Crippen molar-refractivity contribution in [3.63, 3.8) is 0 Å². The summed E-state index contributed by atoms with van der Waals surface area (Å²) >= 11 is 3.41. The summed E-state index contributed by atoms with van der Waals surface area (Å²) in [6, 6.07) is 1.97. The first-order valence-corrected chi connectivity index (χ1v) is 3.74. The molecule has 1 N–H and O–H groups in total. The summed E-state index contributed by atoms with van der Waals surface area (Å²) in [4.78, 5) is 7.05. The zero-order chi connectivity index (χ0) is 6.97. The molecule has 2 rings (SSSR count). The Morgan fingerprint density at radius 1 is 1.45 bits per heavy atom. The first kappa shape index (κ1) is 8.74. The molecule has 0 aliphatic heterocycles. The van der Waals surface area contributed by atoms with Crippen LogP contribution in [-0.2, 0) is 0 Å². The first-order chi connectivity index (χ1) is 4.88. The Labute approximate surface area is 82.9 Å². The van der Waals surface area contributed by atoms with E-state index >= 15 is 0 Å². The Bertz CT molecular complexity index is 356. The number of pyridine rings is 1. The molecule has 0 radical (unpaired) electrons. The van der Waals surface area contributed by atoms with Gasteiger partial charge in [0.1, 0.15) is 0 Å². The third-order valence-corrected chi connectivity index (χ3v) is 2.09. The Balaban J connectivity index is 0.000000605. The minimum atomic E-state index is 0. The van der Waals surface area contributed by atoms with Gasteiger partial charge < -0.3 is 4.98 Å². The van der Waals surface area contributed by atoms with Crippen LogP contribution in [0.2, 0.25) is 0 Å². The quantitative estimate of drug-likeness (QED) is 0.788. The summed E-state index contributed by atoms with van der Waals surface area (Å²) in [6.07, 6.45) is 5.49. The van der Waals surface area contributed by atoms with Gasteiger partial charge in [-0.1, -0.05) is 0 Å². The van der Waals surface area contributed by atoms with Gasteiger partial charge in [-0.2, -0.15) is 0 Å². The van der Waals surface area contributed by atoms with Gasteiger partial charge in [-0.05, 0) is 22.0 Å². The number of hydrogen-bond acceptors (Lipinski definition) is 1. The number of hydrogen-bond donors (Lipinski definition) is 1. The maximum Gasteiger partial charge on any atom is 0.0652 e. The van der Waals surface area contributed by atoms with E-state index in [9.17, 15) is 0 Å². The van der Waals surface area contributed by atoms with Crippen molar-refractivity contribution in [2.45, 2.75) is 0 Å². The largest absolute Gasteiger partial charge is 0.359 e. The van der Waals surface area contributed by atoms with Crippen LogP contribution in [0.15, 0.2) is 29.1 Å². The van der Waals surface area contributed by atoms with Crippen LogP contribution in [0.1, 0.15) is 0 Å². The number of rotatable bonds is 0. The molecule has 2 aromatic rings. The molecule has 0 saturated carbocycles. The minimum Gasteiger partial charge on any atom is -0.359 e. The highest BCUT2D eigenvalue weighted by Crippen LogP contribution is 2.21. The van der Waals surface area contributed by atoms with E-state index in [0.29, 0.717) is 0 Å². The summed E-state index contributed by atoms with van der Waals surface area (Å²) in [6.45, 7) is 0. The van der Waals surface area contributed by atoms with E-state index in [-0.39, 0.29) is 17.0 Å². The summed E-state index contributed by atoms with van der Waals surface area (Å²) in [5, 5.41) is 1.18. The maximum atomic E-state index is 3.97. The molecule has 0 aliphatic rings. The van der Waals surface area contributed by atoms with E-state index < -0.39 is 0 Å². The van der Waals surface area contributed by atoms with Crippen molar-refractivity contribution in [3.8, 4) is 0 Å². The third kappa shape index (κ3) is 1.46. The topological polar surface area (TPSA) is 28.7 Å². The predicted molar refractivity (Wildman–Crippen MR) is 54.1 cm³/mol. The van der Waals surface area contributed by atoms with E-state index in [2.05, 4.69) is 25.9 Å². The van der Waals surface area contributed by atoms with Crippen molar-refractivity contribution in [1.82, 2.24) is 9.97 Å². The fourth-order valence-corrected chi connectivity index (χ4v) is 1.40. The standard InChI is InChI=1S/C7H5BrN2.BrH/c8-6-3-10-7-4-9-2-1-5(6)7;/h1-4,10H;1H. The van der Waals surface area contributed by atoms with Gasteiger partial charge in [0, 0.05) is 22.3 Å². The van der Waals surface area contributed by atoms with Crippen molar-refractivity contribution in [2.24, 2.45) is 0 Å². The predicted octanol–water partition coefficient (Wildman–Crippen LogP) is 2.90. The lowest BCUT2D eigenvalue weighted by Gasteiger charge is -1.85. The van der Waals surface area contributed by atoms with Crippen LogP contribution in [-0.4, -0.2) is 9.97 Å². The molecular formula is C7H6Br2N2. The summed E-state index contributed by atoms with van der Waals surface area (Å²) < 4.78 is 1.09. The molecule has 0 aliphatic carbocycles. The molecule has 0 atom stereocenters. The van der Waals surface area contributed by atoms with Crippen molar-refractivity contribution in [2.75, 3.05) is 0 Å². The van der Waals surface area contributed by atoms with Crippen molar-refractivity contribution in [3.05, 3.63) is 29.1 Å². The van der Waals surface area contributed by atoms with Gasteiger partial charge in [0.2, 0.25) is 0 Å². The smallest absolute Gasteiger partial charge is 0.0652 e. The lowest BCUT2D eigenvalue weighted by Crippen LogP contribution is -1.68. The highest BCUT2D eigenvalue weighted by atomic mass is 79.9. The molecule has 2 nitrogen and oxygen atoms in total. The van der Waals surface area contributed by atoms with E-state index in [4.69, 9.17) is 0 Å². The van der Waals surface area contributed by atoms with Crippen molar-refractivity contribution < 1.29 is 0 Å². The highest BCUT2D eigenvalue weighted by Gasteiger charge is 1.96. The molecule has 11 heavy (non-hydrogen) atoms. The number of nitrogens with zero attached hydrogens (tertiary/aromatic N) is 1. The van der Waals surface area contributed by atoms with E-state index in [0.717, 1.165) is 9.99 Å². The number of nitrogens with one attached hydrogen (secondary N) is 1. The van der Waals surface area contributed by atoms with E-state index in [1.54, 1.807) is 12.4 Å². The number of aromatic amines is 1. The van der Waals surface area contributed by atoms with Gasteiger partial charge in [0.05, 0.1) is 11.7 Å². The minimum absolute atomic E-state index is 0. The third-order valence-electron chi connectivity index (χ3n) is 1.43.